The van der Waals surface area contributed by atoms with Crippen molar-refractivity contribution in [2.24, 2.45) is 0 Å². The molecule has 0 saturated heterocycles. The zero-order valence-electron chi connectivity index (χ0n) is 18.9. The highest BCUT2D eigenvalue weighted by molar-refractivity contribution is 6.31. The zero-order valence-corrected chi connectivity index (χ0v) is 19.7. The van der Waals surface area contributed by atoms with Crippen molar-refractivity contribution in [2.45, 2.75) is 26.2 Å². The van der Waals surface area contributed by atoms with E-state index in [9.17, 15) is 9.59 Å². The summed E-state index contributed by atoms with van der Waals surface area (Å²) in [5.74, 6) is 1.04. The van der Waals surface area contributed by atoms with Crippen LogP contribution in [0.3, 0.4) is 0 Å². The number of para-hydroxylation sites is 2. The van der Waals surface area contributed by atoms with E-state index in [0.717, 1.165) is 24.8 Å². The molecule has 1 aliphatic heterocycles. The van der Waals surface area contributed by atoms with Gasteiger partial charge < -0.3 is 19.7 Å². The van der Waals surface area contributed by atoms with Crippen LogP contribution in [0.2, 0.25) is 5.02 Å². The number of carbonyl (C=O) groups is 2. The number of hydrogen-bond donors (Lipinski definition) is 1. The Hall–Kier alpha value is -3.58. The lowest BCUT2D eigenvalue weighted by atomic mass is 10.1. The minimum absolute atomic E-state index is 0.0976. The third-order valence-electron chi connectivity index (χ3n) is 5.49. The molecular formula is C26H26ClN3O4. The average molecular weight is 480 g/mol. The Kier molecular flexibility index (Phi) is 7.65. The first kappa shape index (κ1) is 23.6. The van der Waals surface area contributed by atoms with Gasteiger partial charge in [-0.05, 0) is 68.1 Å². The predicted molar refractivity (Wildman–Crippen MR) is 131 cm³/mol. The molecule has 0 saturated carbocycles. The fourth-order valence-corrected chi connectivity index (χ4v) is 3.90. The Morgan fingerprint density at radius 1 is 1.06 bits per heavy atom. The van der Waals surface area contributed by atoms with Gasteiger partial charge in [-0.15, -0.1) is 0 Å². The molecule has 0 atom stereocenters. The van der Waals surface area contributed by atoms with Crippen molar-refractivity contribution in [3.05, 3.63) is 77.1 Å². The summed E-state index contributed by atoms with van der Waals surface area (Å²) < 4.78 is 12.1. The van der Waals surface area contributed by atoms with Crippen LogP contribution in [0.5, 0.6) is 17.2 Å². The number of fused-ring (bicyclic) bond motifs is 2. The molecule has 2 amide bonds. The molecule has 3 aromatic rings. The van der Waals surface area contributed by atoms with Crippen LogP contribution in [0.15, 0.2) is 60.9 Å². The number of aryl methyl sites for hydroxylation is 1. The molecule has 8 heteroatoms. The second kappa shape index (κ2) is 11.0. The second-order valence-corrected chi connectivity index (χ2v) is 8.50. The van der Waals surface area contributed by atoms with E-state index in [-0.39, 0.29) is 18.4 Å². The van der Waals surface area contributed by atoms with Crippen LogP contribution in [0.1, 0.15) is 35.2 Å². The molecule has 1 aromatic heterocycles. The molecule has 0 spiro atoms. The van der Waals surface area contributed by atoms with Gasteiger partial charge in [0.1, 0.15) is 6.54 Å². The molecule has 4 rings (SSSR count). The van der Waals surface area contributed by atoms with E-state index in [1.807, 2.05) is 31.2 Å². The number of rotatable bonds is 1. The topological polar surface area (TPSA) is 80.8 Å². The minimum Gasteiger partial charge on any atom is -0.490 e. The van der Waals surface area contributed by atoms with Crippen LogP contribution in [-0.4, -0.2) is 41.4 Å². The molecule has 0 fully saturated rings. The van der Waals surface area contributed by atoms with Crippen LogP contribution in [0.4, 0.5) is 5.69 Å². The molecule has 1 N–H and O–H groups in total. The largest absolute Gasteiger partial charge is 0.490 e. The summed E-state index contributed by atoms with van der Waals surface area (Å²) in [7, 11) is 0. The number of nitrogens with zero attached hydrogens (tertiary/aromatic N) is 2. The molecule has 0 unspecified atom stereocenters. The van der Waals surface area contributed by atoms with E-state index < -0.39 is 0 Å². The van der Waals surface area contributed by atoms with Crippen molar-refractivity contribution in [3.63, 3.8) is 0 Å². The summed E-state index contributed by atoms with van der Waals surface area (Å²) in [5, 5.41) is 3.31. The number of hydrogen-bond acceptors (Lipinski definition) is 5. The summed E-state index contributed by atoms with van der Waals surface area (Å²) in [5.41, 5.74) is 1.71. The minimum atomic E-state index is -0.341. The number of anilines is 1. The Balaban J connectivity index is 1.62. The number of halogens is 1. The zero-order chi connectivity index (χ0) is 23.9. The fourth-order valence-electron chi connectivity index (χ4n) is 3.72. The maximum atomic E-state index is 13.3. The summed E-state index contributed by atoms with van der Waals surface area (Å²) in [6, 6.07) is 14.1. The number of benzene rings is 2. The number of ether oxygens (including phenoxy) is 2. The maximum Gasteiger partial charge on any atom is 0.254 e. The van der Waals surface area contributed by atoms with Gasteiger partial charge >= 0.3 is 0 Å². The highest BCUT2D eigenvalue weighted by Crippen LogP contribution is 2.36. The monoisotopic (exact) mass is 479 g/mol. The summed E-state index contributed by atoms with van der Waals surface area (Å²) in [6.07, 6.45) is 5.62. The van der Waals surface area contributed by atoms with Gasteiger partial charge in [0.25, 0.3) is 5.91 Å². The van der Waals surface area contributed by atoms with Gasteiger partial charge in [0.2, 0.25) is 5.91 Å². The van der Waals surface area contributed by atoms with E-state index in [2.05, 4.69) is 10.3 Å². The second-order valence-electron chi connectivity index (χ2n) is 8.06. The van der Waals surface area contributed by atoms with Gasteiger partial charge in [-0.3, -0.25) is 14.6 Å². The molecule has 2 aromatic carbocycles. The number of carbonyl (C=O) groups excluding carboxylic acids is 2. The molecule has 176 valence electrons. The van der Waals surface area contributed by atoms with E-state index in [1.165, 1.54) is 0 Å². The van der Waals surface area contributed by atoms with Crippen LogP contribution >= 0.6 is 11.6 Å². The molecule has 2 heterocycles. The molecule has 0 radical (unpaired) electrons. The standard InChI is InChI=1S/C26H26ClN3O4/c1-18-16-28-12-11-20(18)26(32)30-13-5-2-6-14-33-23-7-3-4-8-24(23)34-22-10-9-19(27)15-21(22)29-25(31)17-30/h3-4,7-12,15-16H,2,5-6,13-14,17H2,1H3,(H,29,31). The summed E-state index contributed by atoms with van der Waals surface area (Å²) in [4.78, 5) is 31.9. The Bertz CT molecular complexity index is 1180. The third-order valence-corrected chi connectivity index (χ3v) is 5.72. The molecule has 1 aliphatic rings. The number of nitrogens with one attached hydrogen (secondary N) is 1. The van der Waals surface area contributed by atoms with Crippen LogP contribution in [0.25, 0.3) is 0 Å². The SMILES string of the molecule is Cc1cnccc1C(=O)N1CCCCCOc2ccccc2Oc2ccc(Cl)cc2NC(=O)C1. The van der Waals surface area contributed by atoms with Crippen molar-refractivity contribution < 1.29 is 19.1 Å². The number of aromatic nitrogens is 1. The Morgan fingerprint density at radius 2 is 1.88 bits per heavy atom. The van der Waals surface area contributed by atoms with Gasteiger partial charge in [0.05, 0.1) is 12.3 Å². The fraction of sp³-hybridized carbons (Fsp3) is 0.269. The molecular weight excluding hydrogens is 454 g/mol. The number of amides is 2. The first-order valence-electron chi connectivity index (χ1n) is 11.2. The highest BCUT2D eigenvalue weighted by Gasteiger charge is 2.21. The average Bonchev–Trinajstić information content (AvgIpc) is 2.83. The highest BCUT2D eigenvalue weighted by atomic mass is 35.5. The summed E-state index contributed by atoms with van der Waals surface area (Å²) >= 11 is 6.19. The Morgan fingerprint density at radius 3 is 2.71 bits per heavy atom. The van der Waals surface area contributed by atoms with Crippen LogP contribution in [-0.2, 0) is 4.79 Å². The Labute approximate surface area is 203 Å². The molecule has 7 nitrogen and oxygen atoms in total. The first-order valence-corrected chi connectivity index (χ1v) is 11.6. The maximum absolute atomic E-state index is 13.3. The van der Waals surface area contributed by atoms with E-state index >= 15 is 0 Å². The molecule has 34 heavy (non-hydrogen) atoms. The normalized spacial score (nSPS) is 14.9. The molecule has 0 bridgehead atoms. The lowest BCUT2D eigenvalue weighted by molar-refractivity contribution is -0.116. The van der Waals surface area contributed by atoms with Crippen molar-refractivity contribution in [1.82, 2.24) is 9.88 Å². The van der Waals surface area contributed by atoms with E-state index in [1.54, 1.807) is 41.6 Å². The molecule has 0 aliphatic carbocycles. The third kappa shape index (κ3) is 5.85. The first-order chi connectivity index (χ1) is 16.5. The van der Waals surface area contributed by atoms with Crippen molar-refractivity contribution in [3.8, 4) is 17.2 Å². The van der Waals surface area contributed by atoms with Crippen molar-refractivity contribution in [1.29, 1.82) is 0 Å². The lowest BCUT2D eigenvalue weighted by Crippen LogP contribution is -2.39. The quantitative estimate of drug-likeness (QED) is 0.500. The van der Waals surface area contributed by atoms with Crippen molar-refractivity contribution >= 4 is 29.1 Å². The number of pyridine rings is 1. The van der Waals surface area contributed by atoms with Gasteiger partial charge in [0.15, 0.2) is 17.2 Å². The predicted octanol–water partition coefficient (Wildman–Crippen LogP) is 5.48. The van der Waals surface area contributed by atoms with E-state index in [4.69, 9.17) is 21.1 Å². The lowest BCUT2D eigenvalue weighted by Gasteiger charge is -2.23. The van der Waals surface area contributed by atoms with Crippen molar-refractivity contribution in [2.75, 3.05) is 25.0 Å². The van der Waals surface area contributed by atoms with Crippen LogP contribution < -0.4 is 14.8 Å². The van der Waals surface area contributed by atoms with E-state index in [0.29, 0.717) is 46.7 Å². The van der Waals surface area contributed by atoms with Gasteiger partial charge in [0, 0.05) is 29.5 Å². The van der Waals surface area contributed by atoms with Gasteiger partial charge in [-0.1, -0.05) is 23.7 Å². The smallest absolute Gasteiger partial charge is 0.254 e. The summed E-state index contributed by atoms with van der Waals surface area (Å²) in [6.45, 7) is 2.70. The van der Waals surface area contributed by atoms with Gasteiger partial charge in [-0.2, -0.15) is 0 Å². The van der Waals surface area contributed by atoms with Gasteiger partial charge in [-0.25, -0.2) is 0 Å². The van der Waals surface area contributed by atoms with Crippen LogP contribution in [0, 0.1) is 6.92 Å².